The van der Waals surface area contributed by atoms with Gasteiger partial charge in [-0.2, -0.15) is 4.31 Å². The van der Waals surface area contributed by atoms with Crippen LogP contribution < -0.4 is 5.32 Å². The molecule has 0 amide bonds. The second kappa shape index (κ2) is 5.36. The number of nitrogens with zero attached hydrogens (tertiary/aromatic N) is 2. The second-order valence-corrected chi connectivity index (χ2v) is 7.22. The Morgan fingerprint density at radius 2 is 2.14 bits per heavy atom. The van der Waals surface area contributed by atoms with E-state index in [0.29, 0.717) is 30.0 Å². The van der Waals surface area contributed by atoms with Crippen LogP contribution in [0.5, 0.6) is 0 Å². The van der Waals surface area contributed by atoms with Gasteiger partial charge >= 0.3 is 0 Å². The number of para-hydroxylation sites is 1. The Hall–Kier alpha value is -1.50. The summed E-state index contributed by atoms with van der Waals surface area (Å²) in [6.07, 6.45) is 1.71. The van der Waals surface area contributed by atoms with Crippen LogP contribution in [0.15, 0.2) is 35.4 Å². The Bertz CT molecular complexity index is 770. The summed E-state index contributed by atoms with van der Waals surface area (Å²) >= 11 is 0. The molecule has 1 aliphatic heterocycles. The van der Waals surface area contributed by atoms with Gasteiger partial charge in [0.1, 0.15) is 4.90 Å². The van der Waals surface area contributed by atoms with Gasteiger partial charge < -0.3 is 5.32 Å². The Kier molecular flexibility index (Phi) is 3.69. The number of hydrogen-bond donors (Lipinski definition) is 1. The molecule has 112 valence electrons. The number of aryl methyl sites for hydroxylation is 1. The molecule has 0 aliphatic carbocycles. The number of nitrogens with one attached hydrogen (secondary N) is 1. The van der Waals surface area contributed by atoms with E-state index in [-0.39, 0.29) is 6.04 Å². The van der Waals surface area contributed by atoms with E-state index >= 15 is 0 Å². The molecule has 0 saturated carbocycles. The first kappa shape index (κ1) is 14.4. The summed E-state index contributed by atoms with van der Waals surface area (Å²) in [7, 11) is -3.52. The lowest BCUT2D eigenvalue weighted by Crippen LogP contribution is -2.58. The molecule has 1 aromatic carbocycles. The third-order valence-electron chi connectivity index (χ3n) is 3.88. The number of pyridine rings is 1. The third-order valence-corrected chi connectivity index (χ3v) is 5.94. The van der Waals surface area contributed by atoms with Crippen LogP contribution in [0, 0.1) is 6.92 Å². The first-order valence-corrected chi connectivity index (χ1v) is 8.56. The fourth-order valence-corrected chi connectivity index (χ4v) is 4.48. The molecule has 2 heterocycles. The quantitative estimate of drug-likeness (QED) is 0.930. The van der Waals surface area contributed by atoms with Gasteiger partial charge in [0.15, 0.2) is 0 Å². The predicted octanol–water partition coefficient (Wildman–Crippen LogP) is 1.53. The molecule has 1 saturated heterocycles. The average Bonchev–Trinajstić information content (AvgIpc) is 2.41. The largest absolute Gasteiger partial charge is 0.313 e. The van der Waals surface area contributed by atoms with Gasteiger partial charge in [-0.15, -0.1) is 0 Å². The van der Waals surface area contributed by atoms with E-state index in [4.69, 9.17) is 0 Å². The number of sulfonamides is 1. The molecule has 0 radical (unpaired) electrons. The fourth-order valence-electron chi connectivity index (χ4n) is 2.68. The lowest BCUT2D eigenvalue weighted by molar-refractivity contribution is 0.250. The zero-order valence-corrected chi connectivity index (χ0v) is 13.0. The van der Waals surface area contributed by atoms with E-state index in [1.165, 1.54) is 0 Å². The van der Waals surface area contributed by atoms with Crippen molar-refractivity contribution in [2.75, 3.05) is 19.6 Å². The van der Waals surface area contributed by atoms with Crippen LogP contribution in [0.4, 0.5) is 0 Å². The number of rotatable bonds is 4. The first-order valence-electron chi connectivity index (χ1n) is 7.12. The Morgan fingerprint density at radius 1 is 1.38 bits per heavy atom. The van der Waals surface area contributed by atoms with Crippen molar-refractivity contribution in [2.24, 2.45) is 0 Å². The average molecular weight is 305 g/mol. The number of benzene rings is 1. The van der Waals surface area contributed by atoms with Crippen molar-refractivity contribution < 1.29 is 8.42 Å². The summed E-state index contributed by atoms with van der Waals surface area (Å²) in [5, 5.41) is 3.98. The van der Waals surface area contributed by atoms with Gasteiger partial charge in [0, 0.05) is 31.2 Å². The van der Waals surface area contributed by atoms with E-state index in [0.717, 1.165) is 10.9 Å². The molecule has 0 spiro atoms. The monoisotopic (exact) mass is 305 g/mol. The van der Waals surface area contributed by atoms with Gasteiger partial charge in [0.2, 0.25) is 10.0 Å². The van der Waals surface area contributed by atoms with Crippen molar-refractivity contribution in [3.8, 4) is 0 Å². The normalized spacial score (nSPS) is 16.3. The van der Waals surface area contributed by atoms with Crippen LogP contribution in [0.1, 0.15) is 12.5 Å². The van der Waals surface area contributed by atoms with Crippen molar-refractivity contribution in [2.45, 2.75) is 24.8 Å². The fraction of sp³-hybridized carbons (Fsp3) is 0.400. The molecule has 0 unspecified atom stereocenters. The maximum Gasteiger partial charge on any atom is 0.245 e. The molecule has 21 heavy (non-hydrogen) atoms. The van der Waals surface area contributed by atoms with Crippen LogP contribution in [-0.2, 0) is 10.0 Å². The van der Waals surface area contributed by atoms with Crippen LogP contribution in [0.25, 0.3) is 10.9 Å². The molecule has 3 rings (SSSR count). The Morgan fingerprint density at radius 3 is 2.76 bits per heavy atom. The van der Waals surface area contributed by atoms with E-state index < -0.39 is 10.0 Å². The Balaban J connectivity index is 2.14. The van der Waals surface area contributed by atoms with Crippen molar-refractivity contribution in [3.05, 3.63) is 36.0 Å². The zero-order valence-electron chi connectivity index (χ0n) is 12.2. The van der Waals surface area contributed by atoms with Crippen LogP contribution in [-0.4, -0.2) is 43.4 Å². The smallest absolute Gasteiger partial charge is 0.245 e. The summed E-state index contributed by atoms with van der Waals surface area (Å²) < 4.78 is 27.5. The lowest BCUT2D eigenvalue weighted by atomic mass is 10.2. The highest BCUT2D eigenvalue weighted by Gasteiger charge is 2.34. The molecule has 1 aliphatic rings. The molecule has 1 aromatic heterocycles. The van der Waals surface area contributed by atoms with Crippen molar-refractivity contribution in [1.29, 1.82) is 0 Å². The molecule has 5 nitrogen and oxygen atoms in total. The minimum atomic E-state index is -3.52. The van der Waals surface area contributed by atoms with Gasteiger partial charge in [-0.05, 0) is 24.6 Å². The maximum absolute atomic E-state index is 13.0. The number of fused-ring (bicyclic) bond motifs is 1. The molecule has 6 heteroatoms. The summed E-state index contributed by atoms with van der Waals surface area (Å²) in [6.45, 7) is 5.72. The summed E-state index contributed by atoms with van der Waals surface area (Å²) in [6, 6.07) is 7.33. The highest BCUT2D eigenvalue weighted by molar-refractivity contribution is 7.89. The van der Waals surface area contributed by atoms with Gasteiger partial charge in [0.25, 0.3) is 0 Å². The van der Waals surface area contributed by atoms with E-state index in [2.05, 4.69) is 10.3 Å². The van der Waals surface area contributed by atoms with Crippen molar-refractivity contribution in [1.82, 2.24) is 14.6 Å². The van der Waals surface area contributed by atoms with Gasteiger partial charge in [-0.3, -0.25) is 4.98 Å². The standard InChI is InChI=1S/C15H19N3O2S/c1-3-18(13-9-16-10-13)21(19,20)14-6-4-5-12-7-11(2)8-17-15(12)14/h4-8,13,16H,3,9-10H2,1-2H3. The number of hydrogen-bond acceptors (Lipinski definition) is 4. The van der Waals surface area contributed by atoms with Crippen LogP contribution in [0.2, 0.25) is 0 Å². The molecule has 1 fully saturated rings. The van der Waals surface area contributed by atoms with E-state index in [9.17, 15) is 8.42 Å². The van der Waals surface area contributed by atoms with Crippen LogP contribution in [0.3, 0.4) is 0 Å². The van der Waals surface area contributed by atoms with Crippen molar-refractivity contribution in [3.63, 3.8) is 0 Å². The van der Waals surface area contributed by atoms with Gasteiger partial charge in [-0.1, -0.05) is 19.1 Å². The molecule has 2 aromatic rings. The predicted molar refractivity (Wildman–Crippen MR) is 82.7 cm³/mol. The Labute approximate surface area is 125 Å². The molecule has 1 N–H and O–H groups in total. The highest BCUT2D eigenvalue weighted by atomic mass is 32.2. The maximum atomic E-state index is 13.0. The number of aromatic nitrogens is 1. The molecular weight excluding hydrogens is 286 g/mol. The summed E-state index contributed by atoms with van der Waals surface area (Å²) in [4.78, 5) is 4.65. The lowest BCUT2D eigenvalue weighted by Gasteiger charge is -2.36. The topological polar surface area (TPSA) is 62.3 Å². The number of likely N-dealkylation sites (N-methyl/N-ethyl adjacent to an activating group) is 1. The van der Waals surface area contributed by atoms with E-state index in [1.807, 2.05) is 26.0 Å². The van der Waals surface area contributed by atoms with Crippen LogP contribution >= 0.6 is 0 Å². The summed E-state index contributed by atoms with van der Waals surface area (Å²) in [5.74, 6) is 0. The third kappa shape index (κ3) is 2.43. The first-order chi connectivity index (χ1) is 10.0. The van der Waals surface area contributed by atoms with E-state index in [1.54, 1.807) is 22.6 Å². The second-order valence-electron chi connectivity index (χ2n) is 5.36. The highest BCUT2D eigenvalue weighted by Crippen LogP contribution is 2.26. The molecule has 0 bridgehead atoms. The van der Waals surface area contributed by atoms with Crippen molar-refractivity contribution >= 4 is 20.9 Å². The SMILES string of the molecule is CCN(C1CNC1)S(=O)(=O)c1cccc2cc(C)cnc12. The summed E-state index contributed by atoms with van der Waals surface area (Å²) in [5.41, 5.74) is 1.57. The molecular formula is C15H19N3O2S. The minimum absolute atomic E-state index is 0.0423. The molecule has 0 atom stereocenters. The van der Waals surface area contributed by atoms with Gasteiger partial charge in [-0.25, -0.2) is 8.42 Å². The van der Waals surface area contributed by atoms with Gasteiger partial charge in [0.05, 0.1) is 11.6 Å². The zero-order chi connectivity index (χ0) is 15.0. The minimum Gasteiger partial charge on any atom is -0.313 e.